The molecule has 1 fully saturated rings. The molecule has 0 bridgehead atoms. The number of rotatable bonds is 10. The molecule has 38 heavy (non-hydrogen) atoms. The fraction of sp³-hybridized carbons (Fsp3) is 0.250. The normalized spacial score (nSPS) is 12.8. The van der Waals surface area contributed by atoms with Gasteiger partial charge in [-0.15, -0.1) is 0 Å². The van der Waals surface area contributed by atoms with Crippen LogP contribution in [-0.4, -0.2) is 38.8 Å². The van der Waals surface area contributed by atoms with E-state index in [1.165, 1.54) is 11.1 Å². The van der Waals surface area contributed by atoms with Gasteiger partial charge in [0.15, 0.2) is 0 Å². The second-order valence-electron chi connectivity index (χ2n) is 9.93. The molecule has 1 saturated carbocycles. The van der Waals surface area contributed by atoms with Crippen molar-refractivity contribution in [1.82, 2.24) is 14.4 Å². The first-order valence-corrected chi connectivity index (χ1v) is 13.4. The van der Waals surface area contributed by atoms with Gasteiger partial charge in [0, 0.05) is 31.0 Å². The van der Waals surface area contributed by atoms with Crippen LogP contribution < -0.4 is 0 Å². The monoisotopic (exact) mass is 525 g/mol. The lowest BCUT2D eigenvalue weighted by molar-refractivity contribution is -0.133. The molecule has 0 unspecified atom stereocenters. The van der Waals surface area contributed by atoms with E-state index in [9.17, 15) is 9.59 Å². The third kappa shape index (κ3) is 6.17. The van der Waals surface area contributed by atoms with E-state index in [2.05, 4.69) is 42.0 Å². The van der Waals surface area contributed by atoms with Gasteiger partial charge < -0.3 is 14.4 Å². The second kappa shape index (κ2) is 11.7. The maximum Gasteiger partial charge on any atom is 0.256 e. The number of carbonyl (C=O) groups is 2. The van der Waals surface area contributed by atoms with E-state index >= 15 is 0 Å². The van der Waals surface area contributed by atoms with Gasteiger partial charge in [-0.2, -0.15) is 0 Å². The molecule has 0 radical (unpaired) electrons. The summed E-state index contributed by atoms with van der Waals surface area (Å²) in [5.74, 6) is -0.265. The Balaban J connectivity index is 1.38. The van der Waals surface area contributed by atoms with E-state index in [1.807, 2.05) is 47.4 Å². The summed E-state index contributed by atoms with van der Waals surface area (Å²) in [6.07, 6.45) is 3.87. The maximum absolute atomic E-state index is 13.9. The van der Waals surface area contributed by atoms with E-state index in [-0.39, 0.29) is 24.4 Å². The minimum Gasteiger partial charge on any atom is -0.345 e. The lowest BCUT2D eigenvalue weighted by Crippen LogP contribution is -2.43. The Labute approximate surface area is 229 Å². The zero-order chi connectivity index (χ0) is 26.5. The smallest absolute Gasteiger partial charge is 0.256 e. The molecule has 1 aliphatic rings. The maximum atomic E-state index is 13.9. The Morgan fingerprint density at radius 2 is 1.58 bits per heavy atom. The van der Waals surface area contributed by atoms with Crippen molar-refractivity contribution in [2.45, 2.75) is 45.4 Å². The van der Waals surface area contributed by atoms with E-state index < -0.39 is 0 Å². The van der Waals surface area contributed by atoms with Gasteiger partial charge in [-0.05, 0) is 60.7 Å². The molecule has 6 heteroatoms. The molecule has 1 aliphatic carbocycles. The molecule has 3 aromatic carbocycles. The van der Waals surface area contributed by atoms with Crippen molar-refractivity contribution in [3.05, 3.63) is 130 Å². The minimum absolute atomic E-state index is 0.0278. The first-order chi connectivity index (χ1) is 18.5. The second-order valence-corrected chi connectivity index (χ2v) is 10.3. The van der Waals surface area contributed by atoms with Crippen LogP contribution in [0.15, 0.2) is 97.2 Å². The highest BCUT2D eigenvalue weighted by Crippen LogP contribution is 2.30. The van der Waals surface area contributed by atoms with Crippen molar-refractivity contribution in [3.63, 3.8) is 0 Å². The SMILES string of the molecule is Cc1ccccc1Cn1cccc1CN(Cc1ccccc1)C(=O)CN(C(=O)c1ccccc1Cl)C1CC1. The fourth-order valence-corrected chi connectivity index (χ4v) is 4.95. The van der Waals surface area contributed by atoms with Crippen LogP contribution in [0.5, 0.6) is 0 Å². The summed E-state index contributed by atoms with van der Waals surface area (Å²) in [7, 11) is 0. The molecule has 0 aliphatic heterocycles. The van der Waals surface area contributed by atoms with Gasteiger partial charge in [0.25, 0.3) is 5.91 Å². The number of benzene rings is 3. The van der Waals surface area contributed by atoms with Crippen molar-refractivity contribution in [2.24, 2.45) is 0 Å². The zero-order valence-corrected chi connectivity index (χ0v) is 22.3. The Morgan fingerprint density at radius 1 is 0.868 bits per heavy atom. The van der Waals surface area contributed by atoms with Crippen molar-refractivity contribution in [3.8, 4) is 0 Å². The number of aryl methyl sites for hydroxylation is 1. The standard InChI is InChI=1S/C32H32ClN3O2/c1-24-10-5-6-13-26(24)21-34-19-9-14-28(34)22-35(20-25-11-3-2-4-12-25)31(37)23-36(27-17-18-27)32(38)29-15-7-8-16-30(29)33/h2-16,19,27H,17-18,20-23H2,1H3. The van der Waals surface area contributed by atoms with Crippen molar-refractivity contribution >= 4 is 23.4 Å². The third-order valence-electron chi connectivity index (χ3n) is 7.11. The average molecular weight is 526 g/mol. The third-order valence-corrected chi connectivity index (χ3v) is 7.44. The van der Waals surface area contributed by atoms with Crippen molar-refractivity contribution < 1.29 is 9.59 Å². The highest BCUT2D eigenvalue weighted by atomic mass is 35.5. The first-order valence-electron chi connectivity index (χ1n) is 13.1. The number of aromatic nitrogens is 1. The highest BCUT2D eigenvalue weighted by molar-refractivity contribution is 6.33. The molecular formula is C32H32ClN3O2. The van der Waals surface area contributed by atoms with Crippen LogP contribution in [-0.2, 0) is 24.4 Å². The summed E-state index contributed by atoms with van der Waals surface area (Å²) in [6, 6.07) is 29.6. The van der Waals surface area contributed by atoms with Gasteiger partial charge in [-0.3, -0.25) is 9.59 Å². The van der Waals surface area contributed by atoms with Crippen molar-refractivity contribution in [2.75, 3.05) is 6.54 Å². The average Bonchev–Trinajstić information content (AvgIpc) is 3.68. The van der Waals surface area contributed by atoms with Gasteiger partial charge in [0.2, 0.25) is 5.91 Å². The predicted octanol–water partition coefficient (Wildman–Crippen LogP) is 6.33. The molecular weight excluding hydrogens is 494 g/mol. The number of hydrogen-bond donors (Lipinski definition) is 0. The summed E-state index contributed by atoms with van der Waals surface area (Å²) in [5, 5.41) is 0.408. The summed E-state index contributed by atoms with van der Waals surface area (Å²) in [6.45, 7) is 3.80. The molecule has 0 spiro atoms. The summed E-state index contributed by atoms with van der Waals surface area (Å²) >= 11 is 6.34. The van der Waals surface area contributed by atoms with E-state index in [1.54, 1.807) is 29.2 Å². The van der Waals surface area contributed by atoms with Crippen LogP contribution >= 0.6 is 11.6 Å². The molecule has 1 aromatic heterocycles. The molecule has 0 saturated heterocycles. The number of carbonyl (C=O) groups excluding carboxylic acids is 2. The molecule has 5 rings (SSSR count). The topological polar surface area (TPSA) is 45.6 Å². The van der Waals surface area contributed by atoms with Crippen LogP contribution in [0.2, 0.25) is 5.02 Å². The Bertz CT molecular complexity index is 1410. The Hall–Kier alpha value is -3.83. The molecule has 2 amide bonds. The van der Waals surface area contributed by atoms with E-state index in [4.69, 9.17) is 11.6 Å². The Kier molecular flexibility index (Phi) is 7.94. The number of nitrogens with zero attached hydrogens (tertiary/aromatic N) is 3. The summed E-state index contributed by atoms with van der Waals surface area (Å²) in [4.78, 5) is 30.8. The van der Waals surface area contributed by atoms with Crippen LogP contribution in [0.4, 0.5) is 0 Å². The number of amides is 2. The highest BCUT2D eigenvalue weighted by Gasteiger charge is 2.36. The van der Waals surface area contributed by atoms with Crippen LogP contribution in [0.25, 0.3) is 0 Å². The van der Waals surface area contributed by atoms with Gasteiger partial charge in [-0.25, -0.2) is 0 Å². The van der Waals surface area contributed by atoms with Crippen LogP contribution in [0, 0.1) is 6.92 Å². The predicted molar refractivity (Wildman–Crippen MR) is 151 cm³/mol. The molecule has 5 nitrogen and oxygen atoms in total. The molecule has 0 atom stereocenters. The number of hydrogen-bond acceptors (Lipinski definition) is 2. The van der Waals surface area contributed by atoms with Crippen LogP contribution in [0.3, 0.4) is 0 Å². The molecule has 194 valence electrons. The molecule has 0 N–H and O–H groups in total. The van der Waals surface area contributed by atoms with Crippen LogP contribution in [0.1, 0.15) is 45.6 Å². The van der Waals surface area contributed by atoms with Gasteiger partial charge in [0.05, 0.1) is 17.1 Å². The molecule has 4 aromatic rings. The lowest BCUT2D eigenvalue weighted by atomic mass is 10.1. The van der Waals surface area contributed by atoms with E-state index in [0.717, 1.165) is 30.6 Å². The largest absolute Gasteiger partial charge is 0.345 e. The summed E-state index contributed by atoms with van der Waals surface area (Å²) < 4.78 is 2.20. The molecule has 1 heterocycles. The van der Waals surface area contributed by atoms with E-state index in [0.29, 0.717) is 23.7 Å². The van der Waals surface area contributed by atoms with Gasteiger partial charge in [-0.1, -0.05) is 78.3 Å². The van der Waals surface area contributed by atoms with Gasteiger partial charge in [0.1, 0.15) is 6.54 Å². The Morgan fingerprint density at radius 3 is 2.32 bits per heavy atom. The fourth-order valence-electron chi connectivity index (χ4n) is 4.74. The minimum atomic E-state index is -0.186. The quantitative estimate of drug-likeness (QED) is 0.243. The zero-order valence-electron chi connectivity index (χ0n) is 21.6. The number of halogens is 1. The summed E-state index contributed by atoms with van der Waals surface area (Å²) in [5.41, 5.74) is 5.02. The lowest BCUT2D eigenvalue weighted by Gasteiger charge is -2.28. The van der Waals surface area contributed by atoms with Crippen molar-refractivity contribution in [1.29, 1.82) is 0 Å². The van der Waals surface area contributed by atoms with Gasteiger partial charge >= 0.3 is 0 Å². The first kappa shape index (κ1) is 25.8.